The molecule has 4 aromatic rings. The molecule has 0 saturated carbocycles. The predicted octanol–water partition coefficient (Wildman–Crippen LogP) is 5.57. The van der Waals surface area contributed by atoms with E-state index in [1.807, 2.05) is 40.9 Å². The van der Waals surface area contributed by atoms with Gasteiger partial charge in [-0.25, -0.2) is 4.98 Å². The van der Waals surface area contributed by atoms with Crippen molar-refractivity contribution in [1.29, 1.82) is 0 Å². The molecule has 130 valence electrons. The second-order valence-corrected chi connectivity index (χ2v) is 6.69. The maximum absolute atomic E-state index is 9.58. The third-order valence-corrected chi connectivity index (χ3v) is 4.51. The third kappa shape index (κ3) is 3.02. The van der Waals surface area contributed by atoms with Crippen molar-refractivity contribution in [1.82, 2.24) is 9.38 Å². The fraction of sp³-hybridized carbons (Fsp3) is 0.136. The Morgan fingerprint density at radius 3 is 2.35 bits per heavy atom. The Balaban J connectivity index is 1.79. The van der Waals surface area contributed by atoms with E-state index in [9.17, 15) is 5.11 Å². The fourth-order valence-electron chi connectivity index (χ4n) is 3.02. The molecule has 0 aliphatic heterocycles. The van der Waals surface area contributed by atoms with Crippen LogP contribution in [-0.4, -0.2) is 14.5 Å². The first kappa shape index (κ1) is 16.2. The van der Waals surface area contributed by atoms with Crippen LogP contribution in [0, 0.1) is 0 Å². The number of aromatic nitrogens is 2. The zero-order chi connectivity index (χ0) is 18.1. The number of fused-ring (bicyclic) bond motifs is 1. The average Bonchev–Trinajstić information content (AvgIpc) is 3.01. The van der Waals surface area contributed by atoms with E-state index >= 15 is 0 Å². The van der Waals surface area contributed by atoms with Crippen molar-refractivity contribution in [3.63, 3.8) is 0 Å². The van der Waals surface area contributed by atoms with E-state index in [-0.39, 0.29) is 5.75 Å². The Labute approximate surface area is 152 Å². The van der Waals surface area contributed by atoms with Gasteiger partial charge in [-0.1, -0.05) is 32.0 Å². The largest absolute Gasteiger partial charge is 0.508 e. The van der Waals surface area contributed by atoms with Crippen LogP contribution in [0.1, 0.15) is 25.3 Å². The number of anilines is 2. The molecule has 0 unspecified atom stereocenters. The van der Waals surface area contributed by atoms with Gasteiger partial charge in [-0.2, -0.15) is 0 Å². The third-order valence-electron chi connectivity index (χ3n) is 4.51. The molecular weight excluding hydrogens is 322 g/mol. The topological polar surface area (TPSA) is 49.6 Å². The van der Waals surface area contributed by atoms with E-state index in [0.717, 1.165) is 28.4 Å². The summed E-state index contributed by atoms with van der Waals surface area (Å²) in [5, 5.41) is 13.1. The fourth-order valence-corrected chi connectivity index (χ4v) is 3.02. The van der Waals surface area contributed by atoms with Crippen molar-refractivity contribution in [2.75, 3.05) is 5.32 Å². The number of imidazole rings is 1. The predicted molar refractivity (Wildman–Crippen MR) is 106 cm³/mol. The summed E-state index contributed by atoms with van der Waals surface area (Å²) in [6.07, 6.45) is 2.00. The van der Waals surface area contributed by atoms with Gasteiger partial charge in [0.15, 0.2) is 0 Å². The summed E-state index contributed by atoms with van der Waals surface area (Å²) in [6.45, 7) is 4.38. The van der Waals surface area contributed by atoms with Crippen molar-refractivity contribution >= 4 is 17.2 Å². The van der Waals surface area contributed by atoms with E-state index in [1.165, 1.54) is 5.56 Å². The van der Waals surface area contributed by atoms with E-state index in [0.29, 0.717) is 5.92 Å². The molecule has 2 aromatic carbocycles. The summed E-state index contributed by atoms with van der Waals surface area (Å²) in [5.74, 6) is 1.66. The minimum atomic E-state index is 0.247. The maximum atomic E-state index is 9.58. The number of hydrogen-bond donors (Lipinski definition) is 2. The lowest BCUT2D eigenvalue weighted by molar-refractivity contribution is 0.475. The molecule has 4 heteroatoms. The van der Waals surface area contributed by atoms with Crippen molar-refractivity contribution in [2.24, 2.45) is 0 Å². The van der Waals surface area contributed by atoms with Crippen LogP contribution in [0.25, 0.3) is 16.9 Å². The molecule has 0 radical (unpaired) electrons. The highest BCUT2D eigenvalue weighted by Gasteiger charge is 2.14. The first-order valence-electron chi connectivity index (χ1n) is 8.75. The number of phenols is 1. The molecule has 0 saturated heterocycles. The molecule has 0 fully saturated rings. The number of aromatic hydroxyl groups is 1. The van der Waals surface area contributed by atoms with Crippen LogP contribution >= 0.6 is 0 Å². The molecule has 2 N–H and O–H groups in total. The number of benzene rings is 2. The van der Waals surface area contributed by atoms with Crippen LogP contribution < -0.4 is 5.32 Å². The van der Waals surface area contributed by atoms with Crippen molar-refractivity contribution in [3.8, 4) is 17.0 Å². The van der Waals surface area contributed by atoms with E-state index in [1.54, 1.807) is 12.1 Å². The first-order chi connectivity index (χ1) is 12.6. The lowest BCUT2D eigenvalue weighted by Crippen LogP contribution is -1.97. The molecule has 26 heavy (non-hydrogen) atoms. The summed E-state index contributed by atoms with van der Waals surface area (Å²) < 4.78 is 2.04. The minimum absolute atomic E-state index is 0.247. The molecular formula is C22H21N3O. The second kappa shape index (κ2) is 6.56. The van der Waals surface area contributed by atoms with Gasteiger partial charge in [0.2, 0.25) is 0 Å². The number of pyridine rings is 1. The van der Waals surface area contributed by atoms with Gasteiger partial charge in [-0.15, -0.1) is 0 Å². The quantitative estimate of drug-likeness (QED) is 0.509. The molecule has 0 aliphatic carbocycles. The Bertz CT molecular complexity index is 1030. The van der Waals surface area contributed by atoms with Crippen LogP contribution in [0.4, 0.5) is 11.5 Å². The second-order valence-electron chi connectivity index (χ2n) is 6.69. The van der Waals surface area contributed by atoms with Gasteiger partial charge in [-0.3, -0.25) is 4.40 Å². The molecule has 0 spiro atoms. The number of nitrogens with zero attached hydrogens (tertiary/aromatic N) is 2. The zero-order valence-electron chi connectivity index (χ0n) is 14.8. The highest BCUT2D eigenvalue weighted by molar-refractivity contribution is 5.79. The molecule has 0 aliphatic rings. The van der Waals surface area contributed by atoms with Crippen LogP contribution in [0.5, 0.6) is 5.75 Å². The van der Waals surface area contributed by atoms with Crippen molar-refractivity contribution < 1.29 is 5.11 Å². The van der Waals surface area contributed by atoms with E-state index in [2.05, 4.69) is 43.4 Å². The highest BCUT2D eigenvalue weighted by atomic mass is 16.3. The van der Waals surface area contributed by atoms with Gasteiger partial charge >= 0.3 is 0 Å². The van der Waals surface area contributed by atoms with Gasteiger partial charge in [0.05, 0.1) is 0 Å². The van der Waals surface area contributed by atoms with Crippen molar-refractivity contribution in [2.45, 2.75) is 19.8 Å². The number of hydrogen-bond acceptors (Lipinski definition) is 3. The van der Waals surface area contributed by atoms with Gasteiger partial charge in [-0.05, 0) is 60.0 Å². The lowest BCUT2D eigenvalue weighted by atomic mass is 10.0. The average molecular weight is 343 g/mol. The number of phenolic OH excluding ortho intramolecular Hbond substituents is 1. The van der Waals surface area contributed by atoms with E-state index < -0.39 is 0 Å². The standard InChI is InChI=1S/C22H21N3O/c1-15(2)16-6-10-18(11-7-16)23-22-21(17-8-12-19(26)13-9-17)24-20-5-3-4-14-25(20)22/h3-15,23,26H,1-2H3. The smallest absolute Gasteiger partial charge is 0.143 e. The number of rotatable bonds is 4. The first-order valence-corrected chi connectivity index (χ1v) is 8.75. The Morgan fingerprint density at radius 2 is 1.65 bits per heavy atom. The minimum Gasteiger partial charge on any atom is -0.508 e. The van der Waals surface area contributed by atoms with Crippen LogP contribution in [0.2, 0.25) is 0 Å². The molecule has 0 bridgehead atoms. The summed E-state index contributed by atoms with van der Waals surface area (Å²) in [4.78, 5) is 4.77. The Kier molecular flexibility index (Phi) is 4.09. The lowest BCUT2D eigenvalue weighted by Gasteiger charge is -2.11. The molecule has 0 atom stereocenters. The maximum Gasteiger partial charge on any atom is 0.143 e. The summed E-state index contributed by atoms with van der Waals surface area (Å²) in [5.41, 5.74) is 5.00. The summed E-state index contributed by atoms with van der Waals surface area (Å²) >= 11 is 0. The molecule has 0 amide bonds. The zero-order valence-corrected chi connectivity index (χ0v) is 14.8. The van der Waals surface area contributed by atoms with E-state index in [4.69, 9.17) is 4.98 Å². The van der Waals surface area contributed by atoms with Gasteiger partial charge in [0.1, 0.15) is 22.9 Å². The Hall–Kier alpha value is -3.27. The molecule has 4 nitrogen and oxygen atoms in total. The van der Waals surface area contributed by atoms with Gasteiger partial charge in [0.25, 0.3) is 0 Å². The monoisotopic (exact) mass is 343 g/mol. The van der Waals surface area contributed by atoms with Gasteiger partial charge in [0, 0.05) is 17.4 Å². The Morgan fingerprint density at radius 1 is 0.923 bits per heavy atom. The van der Waals surface area contributed by atoms with Crippen LogP contribution in [-0.2, 0) is 0 Å². The van der Waals surface area contributed by atoms with Crippen LogP contribution in [0.15, 0.2) is 72.9 Å². The van der Waals surface area contributed by atoms with Gasteiger partial charge < -0.3 is 10.4 Å². The normalized spacial score (nSPS) is 11.2. The van der Waals surface area contributed by atoms with Crippen LogP contribution in [0.3, 0.4) is 0 Å². The summed E-state index contributed by atoms with van der Waals surface area (Å²) in [6, 6.07) is 21.6. The highest BCUT2D eigenvalue weighted by Crippen LogP contribution is 2.32. The molecule has 2 heterocycles. The summed E-state index contributed by atoms with van der Waals surface area (Å²) in [7, 11) is 0. The van der Waals surface area contributed by atoms with Crippen molar-refractivity contribution in [3.05, 3.63) is 78.5 Å². The number of nitrogens with one attached hydrogen (secondary N) is 1. The molecule has 4 rings (SSSR count). The molecule has 2 aromatic heterocycles. The SMILES string of the molecule is CC(C)c1ccc(Nc2c(-c3ccc(O)cc3)nc3ccccn23)cc1.